The molecule has 0 radical (unpaired) electrons. The van der Waals surface area contributed by atoms with E-state index in [2.05, 4.69) is 10.3 Å². The molecule has 0 fully saturated rings. The normalized spacial score (nSPS) is 12.3. The van der Waals surface area contributed by atoms with Crippen LogP contribution in [0.25, 0.3) is 10.2 Å². The van der Waals surface area contributed by atoms with Gasteiger partial charge in [0.25, 0.3) is 5.91 Å². The van der Waals surface area contributed by atoms with E-state index in [4.69, 9.17) is 4.74 Å². The molecule has 0 saturated heterocycles. The fraction of sp³-hybridized carbons (Fsp3) is 0.286. The second kappa shape index (κ2) is 9.54. The molecule has 0 spiro atoms. The number of rotatable bonds is 7. The van der Waals surface area contributed by atoms with Crippen molar-refractivity contribution in [2.75, 3.05) is 24.8 Å². The molecular weight excluding hydrogens is 438 g/mol. The maximum atomic E-state index is 13.0. The zero-order valence-electron chi connectivity index (χ0n) is 17.4. The number of hydrogen-bond donors (Lipinski definition) is 1. The van der Waals surface area contributed by atoms with E-state index in [0.717, 1.165) is 10.2 Å². The van der Waals surface area contributed by atoms with Crippen molar-refractivity contribution in [3.63, 3.8) is 0 Å². The molecule has 2 amide bonds. The summed E-state index contributed by atoms with van der Waals surface area (Å²) >= 11 is 1.28. The van der Waals surface area contributed by atoms with Crippen LogP contribution in [0.2, 0.25) is 0 Å². The number of anilines is 1. The van der Waals surface area contributed by atoms with Crippen molar-refractivity contribution in [3.8, 4) is 0 Å². The zero-order valence-corrected chi connectivity index (χ0v) is 19.0. The van der Waals surface area contributed by atoms with Gasteiger partial charge in [0.15, 0.2) is 14.6 Å². The Morgan fingerprint density at radius 3 is 2.61 bits per heavy atom. The number of nitrogens with zero attached hydrogens (tertiary/aromatic N) is 2. The Kier molecular flexibility index (Phi) is 7.04. The first-order chi connectivity index (χ1) is 14.8. The monoisotopic (exact) mass is 461 g/mol. The standard InChI is InChI=1S/C21H23N3O5S2/c1-4-31(27,28)19-8-6-5-7-16(19)20(26)23-21-24(11-12-29-3)17-10-9-15(22-14(2)25)13-18(17)30-21/h5-10,13H,4,11-12H2,1-3H3,(H,22,25). The maximum Gasteiger partial charge on any atom is 0.280 e. The first-order valence-corrected chi connectivity index (χ1v) is 12.0. The number of methoxy groups -OCH3 is 1. The van der Waals surface area contributed by atoms with Crippen LogP contribution in [0.1, 0.15) is 24.2 Å². The van der Waals surface area contributed by atoms with E-state index < -0.39 is 15.7 Å². The number of hydrogen-bond acceptors (Lipinski definition) is 6. The zero-order chi connectivity index (χ0) is 22.6. The van der Waals surface area contributed by atoms with Crippen molar-refractivity contribution in [3.05, 3.63) is 52.8 Å². The lowest BCUT2D eigenvalue weighted by atomic mass is 10.2. The van der Waals surface area contributed by atoms with Crippen LogP contribution in [0.15, 0.2) is 52.4 Å². The molecule has 3 rings (SSSR count). The predicted molar refractivity (Wildman–Crippen MR) is 120 cm³/mol. The van der Waals surface area contributed by atoms with E-state index >= 15 is 0 Å². The van der Waals surface area contributed by atoms with Crippen molar-refractivity contribution in [1.29, 1.82) is 0 Å². The van der Waals surface area contributed by atoms with Gasteiger partial charge in [-0.05, 0) is 30.3 Å². The Labute approximate surface area is 184 Å². The van der Waals surface area contributed by atoms with Crippen LogP contribution in [-0.4, -0.2) is 44.3 Å². The maximum absolute atomic E-state index is 13.0. The number of benzene rings is 2. The van der Waals surface area contributed by atoms with E-state index in [1.807, 2.05) is 16.7 Å². The first-order valence-electron chi connectivity index (χ1n) is 9.57. The highest BCUT2D eigenvalue weighted by Gasteiger charge is 2.20. The number of sulfone groups is 1. The molecule has 1 heterocycles. The van der Waals surface area contributed by atoms with Crippen LogP contribution in [0.5, 0.6) is 0 Å². The van der Waals surface area contributed by atoms with Gasteiger partial charge in [0.1, 0.15) is 0 Å². The summed E-state index contributed by atoms with van der Waals surface area (Å²) in [4.78, 5) is 29.0. The number of carbonyl (C=O) groups excluding carboxylic acids is 2. The molecule has 8 nitrogen and oxygen atoms in total. The summed E-state index contributed by atoms with van der Waals surface area (Å²) in [5.74, 6) is -0.927. The van der Waals surface area contributed by atoms with Crippen LogP contribution in [0, 0.1) is 0 Å². The van der Waals surface area contributed by atoms with Crippen molar-refractivity contribution >= 4 is 48.9 Å². The van der Waals surface area contributed by atoms with Crippen LogP contribution >= 0.6 is 11.3 Å². The molecule has 31 heavy (non-hydrogen) atoms. The minimum absolute atomic E-state index is 0.0243. The summed E-state index contributed by atoms with van der Waals surface area (Å²) in [7, 11) is -2.00. The van der Waals surface area contributed by atoms with E-state index in [1.165, 1.54) is 37.3 Å². The highest BCUT2D eigenvalue weighted by Crippen LogP contribution is 2.23. The Hall–Kier alpha value is -2.82. The number of aromatic nitrogens is 1. The van der Waals surface area contributed by atoms with Crippen LogP contribution in [0.3, 0.4) is 0 Å². The summed E-state index contributed by atoms with van der Waals surface area (Å²) in [5.41, 5.74) is 1.51. The van der Waals surface area contributed by atoms with E-state index in [-0.39, 0.29) is 22.1 Å². The van der Waals surface area contributed by atoms with E-state index in [9.17, 15) is 18.0 Å². The van der Waals surface area contributed by atoms with Gasteiger partial charge in [-0.2, -0.15) is 4.99 Å². The minimum atomic E-state index is -3.58. The third kappa shape index (κ3) is 5.09. The van der Waals surface area contributed by atoms with Crippen molar-refractivity contribution in [2.24, 2.45) is 4.99 Å². The molecule has 164 valence electrons. The summed E-state index contributed by atoms with van der Waals surface area (Å²) in [6.45, 7) is 3.82. The van der Waals surface area contributed by atoms with Gasteiger partial charge in [-0.3, -0.25) is 9.59 Å². The molecule has 0 saturated carbocycles. The van der Waals surface area contributed by atoms with Gasteiger partial charge in [-0.15, -0.1) is 0 Å². The Morgan fingerprint density at radius 2 is 1.94 bits per heavy atom. The molecule has 0 aliphatic heterocycles. The third-order valence-electron chi connectivity index (χ3n) is 4.55. The number of ether oxygens (including phenoxy) is 1. The molecule has 0 aliphatic rings. The van der Waals surface area contributed by atoms with Crippen molar-refractivity contribution in [2.45, 2.75) is 25.3 Å². The van der Waals surface area contributed by atoms with Gasteiger partial charge in [0.05, 0.1) is 33.0 Å². The lowest BCUT2D eigenvalue weighted by molar-refractivity contribution is -0.114. The fourth-order valence-electron chi connectivity index (χ4n) is 3.06. The van der Waals surface area contributed by atoms with E-state index in [1.54, 1.807) is 25.3 Å². The molecule has 3 aromatic rings. The average Bonchev–Trinajstić information content (AvgIpc) is 3.07. The highest BCUT2D eigenvalue weighted by molar-refractivity contribution is 7.91. The Morgan fingerprint density at radius 1 is 1.19 bits per heavy atom. The third-order valence-corrected chi connectivity index (χ3v) is 7.38. The van der Waals surface area contributed by atoms with Gasteiger partial charge >= 0.3 is 0 Å². The first kappa shape index (κ1) is 22.9. The van der Waals surface area contributed by atoms with Gasteiger partial charge in [-0.25, -0.2) is 8.42 Å². The molecule has 0 unspecified atom stereocenters. The summed E-state index contributed by atoms with van der Waals surface area (Å²) < 4.78 is 32.7. The molecule has 10 heteroatoms. The second-order valence-corrected chi connectivity index (χ2v) is 9.97. The van der Waals surface area contributed by atoms with Gasteiger partial charge in [0.2, 0.25) is 5.91 Å². The number of carbonyl (C=O) groups is 2. The number of amides is 2. The lowest BCUT2D eigenvalue weighted by Crippen LogP contribution is -2.20. The molecule has 0 atom stereocenters. The number of nitrogens with one attached hydrogen (secondary N) is 1. The number of fused-ring (bicyclic) bond motifs is 1. The predicted octanol–water partition coefficient (Wildman–Crippen LogP) is 2.84. The second-order valence-electron chi connectivity index (χ2n) is 6.71. The van der Waals surface area contributed by atoms with Crippen molar-refractivity contribution < 1.29 is 22.7 Å². The fourth-order valence-corrected chi connectivity index (χ4v) is 5.24. The Bertz CT molecular complexity index is 1310. The summed E-state index contributed by atoms with van der Waals surface area (Å²) in [6.07, 6.45) is 0. The van der Waals surface area contributed by atoms with Crippen molar-refractivity contribution in [1.82, 2.24) is 4.57 Å². The van der Waals surface area contributed by atoms with Crippen LogP contribution < -0.4 is 10.1 Å². The Balaban J connectivity index is 2.15. The summed E-state index contributed by atoms with van der Waals surface area (Å²) in [5, 5.41) is 2.74. The quantitative estimate of drug-likeness (QED) is 0.582. The summed E-state index contributed by atoms with van der Waals surface area (Å²) in [6, 6.07) is 11.5. The highest BCUT2D eigenvalue weighted by atomic mass is 32.2. The molecule has 2 aromatic carbocycles. The molecule has 1 N–H and O–H groups in total. The van der Waals surface area contributed by atoms with Gasteiger partial charge in [0, 0.05) is 26.3 Å². The SMILES string of the molecule is CCS(=O)(=O)c1ccccc1C(=O)N=c1sc2cc(NC(C)=O)ccc2n1CCOC. The molecule has 1 aromatic heterocycles. The minimum Gasteiger partial charge on any atom is -0.383 e. The van der Waals surface area contributed by atoms with E-state index in [0.29, 0.717) is 23.6 Å². The van der Waals surface area contributed by atoms with Gasteiger partial charge in [-0.1, -0.05) is 30.4 Å². The topological polar surface area (TPSA) is 107 Å². The molecule has 0 bridgehead atoms. The molecule has 0 aliphatic carbocycles. The van der Waals surface area contributed by atoms with Gasteiger partial charge < -0.3 is 14.6 Å². The van der Waals surface area contributed by atoms with Crippen LogP contribution in [-0.2, 0) is 25.9 Å². The average molecular weight is 462 g/mol. The number of thiazole rings is 1. The van der Waals surface area contributed by atoms with Crippen LogP contribution in [0.4, 0.5) is 5.69 Å². The largest absolute Gasteiger partial charge is 0.383 e. The molecular formula is C21H23N3O5S2. The smallest absolute Gasteiger partial charge is 0.280 e. The lowest BCUT2D eigenvalue weighted by Gasteiger charge is -2.07.